The van der Waals surface area contributed by atoms with E-state index >= 15 is 0 Å². The van der Waals surface area contributed by atoms with Crippen LogP contribution in [0.1, 0.15) is 20.3 Å². The lowest BCUT2D eigenvalue weighted by Gasteiger charge is -2.29. The largest absolute Gasteiger partial charge is 0.394 e. The maximum Gasteiger partial charge on any atom is 0.223 e. The molecule has 0 radical (unpaired) electrons. The summed E-state index contributed by atoms with van der Waals surface area (Å²) < 4.78 is 0. The zero-order chi connectivity index (χ0) is 10.7. The fraction of sp³-hybridized carbons (Fsp3) is 0.900. The van der Waals surface area contributed by atoms with Crippen molar-refractivity contribution >= 4 is 18.5 Å². The number of amides is 1. The first-order chi connectivity index (χ1) is 6.60. The summed E-state index contributed by atoms with van der Waals surface area (Å²) in [5.74, 6) is 1.58. The van der Waals surface area contributed by atoms with Gasteiger partial charge in [-0.2, -0.15) is 12.6 Å². The number of aliphatic hydroxyl groups excluding tert-OH is 1. The molecule has 0 spiro atoms. The fourth-order valence-corrected chi connectivity index (χ4v) is 2.17. The Bertz CT molecular complexity index is 208. The molecule has 1 fully saturated rings. The summed E-state index contributed by atoms with van der Waals surface area (Å²) in [6.07, 6.45) is 0.590. The van der Waals surface area contributed by atoms with E-state index in [2.05, 4.69) is 12.6 Å². The molecule has 1 saturated heterocycles. The number of hydrogen-bond acceptors (Lipinski definition) is 3. The van der Waals surface area contributed by atoms with E-state index < -0.39 is 0 Å². The van der Waals surface area contributed by atoms with Crippen molar-refractivity contribution in [1.82, 2.24) is 4.90 Å². The molecule has 82 valence electrons. The van der Waals surface area contributed by atoms with Crippen LogP contribution in [0.2, 0.25) is 0 Å². The summed E-state index contributed by atoms with van der Waals surface area (Å²) in [7, 11) is 0. The summed E-state index contributed by atoms with van der Waals surface area (Å²) in [6.45, 7) is 4.87. The Labute approximate surface area is 90.9 Å². The molecule has 3 nitrogen and oxygen atoms in total. The summed E-state index contributed by atoms with van der Waals surface area (Å²) in [5.41, 5.74) is 0. The van der Waals surface area contributed by atoms with Crippen LogP contribution in [0, 0.1) is 11.8 Å². The minimum atomic E-state index is -0.0209. The second kappa shape index (κ2) is 5.03. The lowest BCUT2D eigenvalue weighted by molar-refractivity contribution is -0.131. The van der Waals surface area contributed by atoms with Crippen molar-refractivity contribution < 1.29 is 9.90 Å². The molecule has 1 amide bonds. The second-order valence-electron chi connectivity index (χ2n) is 4.29. The number of hydrogen-bond donors (Lipinski definition) is 2. The molecule has 1 aliphatic rings. The third-order valence-electron chi connectivity index (χ3n) is 2.85. The van der Waals surface area contributed by atoms with Crippen LogP contribution >= 0.6 is 12.6 Å². The zero-order valence-electron chi connectivity index (χ0n) is 8.81. The highest BCUT2D eigenvalue weighted by Crippen LogP contribution is 2.23. The third kappa shape index (κ3) is 2.42. The summed E-state index contributed by atoms with van der Waals surface area (Å²) in [5, 5.41) is 9.22. The van der Waals surface area contributed by atoms with Gasteiger partial charge in [0.2, 0.25) is 5.91 Å². The van der Waals surface area contributed by atoms with Crippen LogP contribution in [0.3, 0.4) is 0 Å². The first-order valence-electron chi connectivity index (χ1n) is 5.11. The quantitative estimate of drug-likeness (QED) is 0.683. The molecule has 0 aliphatic carbocycles. The summed E-state index contributed by atoms with van der Waals surface area (Å²) in [4.78, 5) is 13.4. The highest BCUT2D eigenvalue weighted by Gasteiger charge is 2.34. The molecule has 1 aliphatic heterocycles. The van der Waals surface area contributed by atoms with Crippen molar-refractivity contribution in [1.29, 1.82) is 0 Å². The number of likely N-dealkylation sites (tertiary alicyclic amines) is 1. The molecule has 0 bridgehead atoms. The van der Waals surface area contributed by atoms with Crippen molar-refractivity contribution in [3.05, 3.63) is 0 Å². The van der Waals surface area contributed by atoms with Crippen molar-refractivity contribution in [2.75, 3.05) is 18.9 Å². The van der Waals surface area contributed by atoms with Crippen molar-refractivity contribution in [3.8, 4) is 0 Å². The van der Waals surface area contributed by atoms with Crippen LogP contribution in [0.15, 0.2) is 0 Å². The van der Waals surface area contributed by atoms with Gasteiger partial charge < -0.3 is 10.0 Å². The molecule has 4 heteroatoms. The van der Waals surface area contributed by atoms with Gasteiger partial charge in [-0.1, -0.05) is 13.8 Å². The standard InChI is InChI=1S/C10H19NO2S/c1-7(2)9(5-12)11-4-8(6-14)3-10(11)13/h7-9,12,14H,3-6H2,1-2H3/t8?,9-/m1/s1. The minimum Gasteiger partial charge on any atom is -0.394 e. The van der Waals surface area contributed by atoms with E-state index in [0.717, 1.165) is 12.3 Å². The van der Waals surface area contributed by atoms with Crippen LogP contribution in [0.5, 0.6) is 0 Å². The maximum atomic E-state index is 11.6. The molecular weight excluding hydrogens is 198 g/mol. The lowest BCUT2D eigenvalue weighted by Crippen LogP contribution is -2.42. The predicted molar refractivity (Wildman–Crippen MR) is 59.4 cm³/mol. The topological polar surface area (TPSA) is 40.5 Å². The van der Waals surface area contributed by atoms with Gasteiger partial charge in [-0.3, -0.25) is 4.79 Å². The molecule has 0 aromatic heterocycles. The van der Waals surface area contributed by atoms with Gasteiger partial charge in [0.15, 0.2) is 0 Å². The van der Waals surface area contributed by atoms with Gasteiger partial charge in [0.1, 0.15) is 0 Å². The van der Waals surface area contributed by atoms with Crippen LogP contribution in [0.25, 0.3) is 0 Å². The molecule has 14 heavy (non-hydrogen) atoms. The molecule has 0 aromatic carbocycles. The van der Waals surface area contributed by atoms with E-state index in [1.165, 1.54) is 0 Å². The van der Waals surface area contributed by atoms with Gasteiger partial charge in [-0.15, -0.1) is 0 Å². The Morgan fingerprint density at radius 3 is 2.64 bits per heavy atom. The third-order valence-corrected chi connectivity index (χ3v) is 3.37. The number of aliphatic hydroxyl groups is 1. The Kier molecular flexibility index (Phi) is 4.26. The molecule has 0 saturated carbocycles. The summed E-state index contributed by atoms with van der Waals surface area (Å²) >= 11 is 4.21. The molecule has 1 rings (SSSR count). The predicted octanol–water partition coefficient (Wildman–Crippen LogP) is 0.782. The van der Waals surface area contributed by atoms with E-state index in [4.69, 9.17) is 0 Å². The number of thiol groups is 1. The van der Waals surface area contributed by atoms with E-state index in [1.54, 1.807) is 0 Å². The van der Waals surface area contributed by atoms with Gasteiger partial charge in [-0.25, -0.2) is 0 Å². The highest BCUT2D eigenvalue weighted by molar-refractivity contribution is 7.80. The number of nitrogens with zero attached hydrogens (tertiary/aromatic N) is 1. The molecule has 0 aromatic rings. The van der Waals surface area contributed by atoms with Crippen LogP contribution in [0.4, 0.5) is 0 Å². The van der Waals surface area contributed by atoms with Crippen molar-refractivity contribution in [3.63, 3.8) is 0 Å². The van der Waals surface area contributed by atoms with E-state index in [1.807, 2.05) is 18.7 Å². The zero-order valence-corrected chi connectivity index (χ0v) is 9.70. The first kappa shape index (κ1) is 11.9. The Hall–Kier alpha value is -0.220. The Balaban J connectivity index is 2.63. The van der Waals surface area contributed by atoms with E-state index in [-0.39, 0.29) is 18.6 Å². The maximum absolute atomic E-state index is 11.6. The van der Waals surface area contributed by atoms with Crippen molar-refractivity contribution in [2.24, 2.45) is 11.8 Å². The summed E-state index contributed by atoms with van der Waals surface area (Å²) in [6, 6.07) is -0.0209. The average Bonchev–Trinajstić information content (AvgIpc) is 2.48. The molecule has 1 unspecified atom stereocenters. The van der Waals surface area contributed by atoms with Crippen molar-refractivity contribution in [2.45, 2.75) is 26.3 Å². The SMILES string of the molecule is CC(C)[C@@H](CO)N1CC(CS)CC1=O. The lowest BCUT2D eigenvalue weighted by atomic mass is 10.0. The molecule has 2 atom stereocenters. The smallest absolute Gasteiger partial charge is 0.223 e. The minimum absolute atomic E-state index is 0.0209. The van der Waals surface area contributed by atoms with Gasteiger partial charge in [0.05, 0.1) is 12.6 Å². The van der Waals surface area contributed by atoms with E-state index in [0.29, 0.717) is 18.3 Å². The molecule has 1 N–H and O–H groups in total. The second-order valence-corrected chi connectivity index (χ2v) is 4.66. The van der Waals surface area contributed by atoms with Gasteiger partial charge in [-0.05, 0) is 17.6 Å². The van der Waals surface area contributed by atoms with E-state index in [9.17, 15) is 9.90 Å². The monoisotopic (exact) mass is 217 g/mol. The average molecular weight is 217 g/mol. The number of carbonyl (C=O) groups is 1. The highest BCUT2D eigenvalue weighted by atomic mass is 32.1. The van der Waals surface area contributed by atoms with Crippen LogP contribution in [-0.2, 0) is 4.79 Å². The number of rotatable bonds is 4. The Morgan fingerprint density at radius 1 is 1.64 bits per heavy atom. The normalized spacial score (nSPS) is 24.8. The van der Waals surface area contributed by atoms with Gasteiger partial charge >= 0.3 is 0 Å². The first-order valence-corrected chi connectivity index (χ1v) is 5.74. The molecular formula is C10H19NO2S. The number of carbonyl (C=O) groups excluding carboxylic acids is 1. The molecule has 1 heterocycles. The fourth-order valence-electron chi connectivity index (χ4n) is 1.92. The van der Waals surface area contributed by atoms with Gasteiger partial charge in [0.25, 0.3) is 0 Å². The van der Waals surface area contributed by atoms with Crippen LogP contribution < -0.4 is 0 Å². The van der Waals surface area contributed by atoms with Gasteiger partial charge in [0, 0.05) is 13.0 Å². The van der Waals surface area contributed by atoms with Crippen LogP contribution in [-0.4, -0.2) is 40.9 Å². The Morgan fingerprint density at radius 2 is 2.29 bits per heavy atom.